The number of hydrogen-bond acceptors (Lipinski definition) is 1. The zero-order valence-corrected chi connectivity index (χ0v) is 9.02. The van der Waals surface area contributed by atoms with E-state index in [0.29, 0.717) is 5.41 Å². The molecule has 0 spiro atoms. The minimum absolute atomic E-state index is 0. The molecule has 3 rings (SSSR count). The molecule has 2 fully saturated rings. The van der Waals surface area contributed by atoms with E-state index in [1.165, 1.54) is 25.9 Å². The molecule has 0 atom stereocenters. The Bertz CT molecular complexity index is 301. The van der Waals surface area contributed by atoms with Crippen molar-refractivity contribution in [2.45, 2.75) is 18.3 Å². The van der Waals surface area contributed by atoms with Crippen LogP contribution in [0.2, 0.25) is 0 Å². The van der Waals surface area contributed by atoms with Gasteiger partial charge in [-0.2, -0.15) is 0 Å². The van der Waals surface area contributed by atoms with Gasteiger partial charge in [0.05, 0.1) is 0 Å². The molecular weight excluding hydrogens is 194 g/mol. The molecule has 1 saturated heterocycles. The van der Waals surface area contributed by atoms with Crippen molar-refractivity contribution in [1.29, 1.82) is 0 Å². The van der Waals surface area contributed by atoms with Crippen LogP contribution in [0, 0.1) is 5.92 Å². The summed E-state index contributed by atoms with van der Waals surface area (Å²) in [6.45, 7) is 2.46. The first kappa shape index (κ1) is 10.0. The Morgan fingerprint density at radius 3 is 2.14 bits per heavy atom. The summed E-state index contributed by atoms with van der Waals surface area (Å²) in [4.78, 5) is 0. The molecule has 2 heteroatoms. The Labute approximate surface area is 91.3 Å². The highest BCUT2D eigenvalue weighted by atomic mass is 35.5. The van der Waals surface area contributed by atoms with E-state index in [1.807, 2.05) is 0 Å². The predicted octanol–water partition coefficient (Wildman–Crippen LogP) is 2.36. The fraction of sp³-hybridized carbons (Fsp3) is 0.500. The van der Waals surface area contributed by atoms with Gasteiger partial charge in [0.1, 0.15) is 0 Å². The minimum atomic E-state index is 0. The second-order valence-corrected chi connectivity index (χ2v) is 4.38. The molecule has 76 valence electrons. The number of nitrogens with one attached hydrogen (secondary N) is 1. The molecule has 14 heavy (non-hydrogen) atoms. The summed E-state index contributed by atoms with van der Waals surface area (Å²) < 4.78 is 0. The molecule has 0 bridgehead atoms. The summed E-state index contributed by atoms with van der Waals surface area (Å²) in [5.74, 6) is 0.912. The van der Waals surface area contributed by atoms with Gasteiger partial charge in [-0.25, -0.2) is 0 Å². The summed E-state index contributed by atoms with van der Waals surface area (Å²) in [7, 11) is 0. The van der Waals surface area contributed by atoms with E-state index in [0.717, 1.165) is 5.92 Å². The third-order valence-corrected chi connectivity index (χ3v) is 3.70. The van der Waals surface area contributed by atoms with Crippen molar-refractivity contribution >= 4 is 12.4 Å². The highest BCUT2D eigenvalue weighted by Crippen LogP contribution is 2.54. The van der Waals surface area contributed by atoms with E-state index >= 15 is 0 Å². The fourth-order valence-electron chi connectivity index (χ4n) is 2.52. The molecule has 1 N–H and O–H groups in total. The maximum absolute atomic E-state index is 3.38. The van der Waals surface area contributed by atoms with Crippen LogP contribution in [0.3, 0.4) is 0 Å². The molecule has 2 aliphatic rings. The number of benzene rings is 1. The van der Waals surface area contributed by atoms with Crippen molar-refractivity contribution in [2.24, 2.45) is 5.92 Å². The molecule has 1 nitrogen and oxygen atoms in total. The maximum atomic E-state index is 3.38. The maximum Gasteiger partial charge on any atom is 0.000610 e. The van der Waals surface area contributed by atoms with Crippen LogP contribution in [0.4, 0.5) is 0 Å². The minimum Gasteiger partial charge on any atom is -0.316 e. The predicted molar refractivity (Wildman–Crippen MR) is 61.0 cm³/mol. The molecular formula is C12H16ClN. The van der Waals surface area contributed by atoms with Gasteiger partial charge in [-0.3, -0.25) is 0 Å². The van der Waals surface area contributed by atoms with E-state index in [4.69, 9.17) is 0 Å². The van der Waals surface area contributed by atoms with E-state index in [-0.39, 0.29) is 12.4 Å². The Kier molecular flexibility index (Phi) is 2.54. The van der Waals surface area contributed by atoms with Gasteiger partial charge in [-0.1, -0.05) is 30.3 Å². The second kappa shape index (κ2) is 3.56. The van der Waals surface area contributed by atoms with Gasteiger partial charge in [0.15, 0.2) is 0 Å². The lowest BCUT2D eigenvalue weighted by Gasteiger charge is -2.35. The van der Waals surface area contributed by atoms with Gasteiger partial charge in [-0.15, -0.1) is 12.4 Å². The van der Waals surface area contributed by atoms with Crippen molar-refractivity contribution in [3.8, 4) is 0 Å². The molecule has 1 aromatic rings. The zero-order valence-electron chi connectivity index (χ0n) is 8.20. The number of rotatable bonds is 2. The first-order chi connectivity index (χ1) is 6.42. The molecule has 1 saturated carbocycles. The number of hydrogen-bond donors (Lipinski definition) is 1. The molecule has 1 heterocycles. The second-order valence-electron chi connectivity index (χ2n) is 4.38. The summed E-state index contributed by atoms with van der Waals surface area (Å²) in [6.07, 6.45) is 2.81. The third kappa shape index (κ3) is 1.35. The van der Waals surface area contributed by atoms with Crippen LogP contribution in [0.5, 0.6) is 0 Å². The largest absolute Gasteiger partial charge is 0.316 e. The zero-order chi connectivity index (χ0) is 8.73. The van der Waals surface area contributed by atoms with Gasteiger partial charge in [-0.05, 0) is 24.3 Å². The highest BCUT2D eigenvalue weighted by molar-refractivity contribution is 5.85. The normalized spacial score (nSPS) is 23.4. The van der Waals surface area contributed by atoms with Gasteiger partial charge in [0, 0.05) is 18.5 Å². The molecule has 0 unspecified atom stereocenters. The lowest BCUT2D eigenvalue weighted by atomic mass is 9.79. The van der Waals surface area contributed by atoms with Crippen LogP contribution in [-0.4, -0.2) is 13.1 Å². The quantitative estimate of drug-likeness (QED) is 0.789. The third-order valence-electron chi connectivity index (χ3n) is 3.70. The van der Waals surface area contributed by atoms with Crippen molar-refractivity contribution in [1.82, 2.24) is 5.32 Å². The first-order valence-electron chi connectivity index (χ1n) is 5.18. The van der Waals surface area contributed by atoms with E-state index in [9.17, 15) is 0 Å². The summed E-state index contributed by atoms with van der Waals surface area (Å²) in [5, 5.41) is 3.38. The number of halogens is 1. The monoisotopic (exact) mass is 209 g/mol. The van der Waals surface area contributed by atoms with Crippen LogP contribution in [0.25, 0.3) is 0 Å². The highest BCUT2D eigenvalue weighted by Gasteiger charge is 2.52. The average molecular weight is 210 g/mol. The first-order valence-corrected chi connectivity index (χ1v) is 5.18. The van der Waals surface area contributed by atoms with E-state index in [2.05, 4.69) is 35.6 Å². The van der Waals surface area contributed by atoms with Crippen LogP contribution in [0.1, 0.15) is 18.4 Å². The van der Waals surface area contributed by atoms with Crippen LogP contribution >= 0.6 is 12.4 Å². The molecule has 1 aliphatic carbocycles. The van der Waals surface area contributed by atoms with Crippen molar-refractivity contribution in [2.75, 3.05) is 13.1 Å². The van der Waals surface area contributed by atoms with Crippen LogP contribution < -0.4 is 5.32 Å². The fourth-order valence-corrected chi connectivity index (χ4v) is 2.52. The Morgan fingerprint density at radius 2 is 1.71 bits per heavy atom. The van der Waals surface area contributed by atoms with Gasteiger partial charge >= 0.3 is 0 Å². The van der Waals surface area contributed by atoms with Gasteiger partial charge in [0.2, 0.25) is 0 Å². The van der Waals surface area contributed by atoms with Crippen molar-refractivity contribution < 1.29 is 0 Å². The standard InChI is InChI=1S/C12H15N.ClH/c1-2-4-10(5-3-1)12(6-7-12)11-8-13-9-11;/h1-5,11,13H,6-9H2;1H. The Morgan fingerprint density at radius 1 is 1.07 bits per heavy atom. The lowest BCUT2D eigenvalue weighted by Crippen LogP contribution is -2.48. The summed E-state index contributed by atoms with van der Waals surface area (Å²) in [6, 6.07) is 11.0. The summed E-state index contributed by atoms with van der Waals surface area (Å²) in [5.41, 5.74) is 2.15. The summed E-state index contributed by atoms with van der Waals surface area (Å²) >= 11 is 0. The van der Waals surface area contributed by atoms with Crippen LogP contribution in [-0.2, 0) is 5.41 Å². The average Bonchev–Trinajstić information content (AvgIpc) is 2.85. The topological polar surface area (TPSA) is 12.0 Å². The van der Waals surface area contributed by atoms with Gasteiger partial charge < -0.3 is 5.32 Å². The van der Waals surface area contributed by atoms with E-state index in [1.54, 1.807) is 5.56 Å². The van der Waals surface area contributed by atoms with Crippen molar-refractivity contribution in [3.63, 3.8) is 0 Å². The lowest BCUT2D eigenvalue weighted by molar-refractivity contribution is 0.275. The Hall–Kier alpha value is -0.530. The van der Waals surface area contributed by atoms with Crippen molar-refractivity contribution in [3.05, 3.63) is 35.9 Å². The molecule has 1 aliphatic heterocycles. The molecule has 0 radical (unpaired) electrons. The SMILES string of the molecule is Cl.c1ccc(C2(C3CNC3)CC2)cc1. The molecule has 0 aromatic heterocycles. The van der Waals surface area contributed by atoms with Crippen LogP contribution in [0.15, 0.2) is 30.3 Å². The molecule has 0 amide bonds. The Balaban J connectivity index is 0.000000750. The molecule has 1 aromatic carbocycles. The van der Waals surface area contributed by atoms with E-state index < -0.39 is 0 Å². The van der Waals surface area contributed by atoms with Gasteiger partial charge in [0.25, 0.3) is 0 Å². The smallest absolute Gasteiger partial charge is 0.000610 e.